The van der Waals surface area contributed by atoms with E-state index in [1.165, 1.54) is 4.90 Å². The molecule has 1 fully saturated rings. The SMILES string of the molecule is CCCCN1C(=O)CCNC1=O. The van der Waals surface area contributed by atoms with Crippen LogP contribution in [-0.2, 0) is 4.79 Å². The summed E-state index contributed by atoms with van der Waals surface area (Å²) in [6.07, 6.45) is 2.33. The Kier molecular flexibility index (Phi) is 3.08. The molecule has 0 unspecified atom stereocenters. The lowest BCUT2D eigenvalue weighted by Gasteiger charge is -2.25. The van der Waals surface area contributed by atoms with Gasteiger partial charge in [-0.3, -0.25) is 9.69 Å². The summed E-state index contributed by atoms with van der Waals surface area (Å²) >= 11 is 0. The molecule has 68 valence electrons. The first kappa shape index (κ1) is 9.03. The molecule has 0 atom stereocenters. The van der Waals surface area contributed by atoms with Crippen LogP contribution in [0.1, 0.15) is 26.2 Å². The number of nitrogens with zero attached hydrogens (tertiary/aromatic N) is 1. The molecule has 12 heavy (non-hydrogen) atoms. The van der Waals surface area contributed by atoms with Gasteiger partial charge < -0.3 is 5.32 Å². The number of imide groups is 1. The topological polar surface area (TPSA) is 49.4 Å². The summed E-state index contributed by atoms with van der Waals surface area (Å²) in [4.78, 5) is 23.6. The fourth-order valence-corrected chi connectivity index (χ4v) is 1.16. The van der Waals surface area contributed by atoms with Crippen molar-refractivity contribution in [2.24, 2.45) is 0 Å². The lowest BCUT2D eigenvalue weighted by atomic mass is 10.2. The highest BCUT2D eigenvalue weighted by Gasteiger charge is 2.24. The van der Waals surface area contributed by atoms with Crippen molar-refractivity contribution in [1.29, 1.82) is 0 Å². The Hall–Kier alpha value is -1.06. The van der Waals surface area contributed by atoms with Crippen LogP contribution in [0, 0.1) is 0 Å². The zero-order valence-electron chi connectivity index (χ0n) is 7.30. The average molecular weight is 170 g/mol. The number of hydrogen-bond acceptors (Lipinski definition) is 2. The smallest absolute Gasteiger partial charge is 0.324 e. The molecule has 0 saturated carbocycles. The van der Waals surface area contributed by atoms with E-state index >= 15 is 0 Å². The molecule has 0 bridgehead atoms. The van der Waals surface area contributed by atoms with Gasteiger partial charge in [0.15, 0.2) is 0 Å². The van der Waals surface area contributed by atoms with E-state index in [1.807, 2.05) is 6.92 Å². The van der Waals surface area contributed by atoms with Gasteiger partial charge >= 0.3 is 6.03 Å². The van der Waals surface area contributed by atoms with Gasteiger partial charge in [-0.1, -0.05) is 13.3 Å². The number of nitrogens with one attached hydrogen (secondary N) is 1. The largest absolute Gasteiger partial charge is 0.337 e. The van der Waals surface area contributed by atoms with Crippen molar-refractivity contribution in [1.82, 2.24) is 10.2 Å². The maximum Gasteiger partial charge on any atom is 0.324 e. The summed E-state index contributed by atoms with van der Waals surface area (Å²) in [6, 6.07) is -0.236. The van der Waals surface area contributed by atoms with E-state index in [9.17, 15) is 9.59 Å². The summed E-state index contributed by atoms with van der Waals surface area (Å²) in [6.45, 7) is 3.08. The summed E-state index contributed by atoms with van der Waals surface area (Å²) in [5, 5.41) is 2.64. The van der Waals surface area contributed by atoms with Crippen molar-refractivity contribution < 1.29 is 9.59 Å². The lowest BCUT2D eigenvalue weighted by molar-refractivity contribution is -0.129. The molecule has 1 saturated heterocycles. The Balaban J connectivity index is 2.45. The molecule has 4 heteroatoms. The van der Waals surface area contributed by atoms with Gasteiger partial charge in [-0.05, 0) is 6.42 Å². The van der Waals surface area contributed by atoms with Gasteiger partial charge in [0.25, 0.3) is 0 Å². The van der Waals surface area contributed by atoms with Gasteiger partial charge in [0.1, 0.15) is 0 Å². The molecule has 1 aliphatic heterocycles. The van der Waals surface area contributed by atoms with Gasteiger partial charge in [-0.2, -0.15) is 0 Å². The van der Waals surface area contributed by atoms with E-state index in [2.05, 4.69) is 5.32 Å². The van der Waals surface area contributed by atoms with Crippen LogP contribution in [0.2, 0.25) is 0 Å². The number of carbonyl (C=O) groups is 2. The van der Waals surface area contributed by atoms with Crippen LogP contribution in [0.15, 0.2) is 0 Å². The molecule has 1 N–H and O–H groups in total. The van der Waals surface area contributed by atoms with E-state index in [0.717, 1.165) is 12.8 Å². The third-order valence-corrected chi connectivity index (χ3v) is 1.90. The molecule has 0 aromatic carbocycles. The maximum atomic E-state index is 11.2. The molecule has 0 aliphatic carbocycles. The number of hydrogen-bond donors (Lipinski definition) is 1. The Labute approximate surface area is 71.9 Å². The average Bonchev–Trinajstić information content (AvgIpc) is 2.04. The second kappa shape index (κ2) is 4.09. The van der Waals surface area contributed by atoms with Crippen molar-refractivity contribution in [2.45, 2.75) is 26.2 Å². The van der Waals surface area contributed by atoms with Crippen molar-refractivity contribution in [3.05, 3.63) is 0 Å². The molecule has 3 amide bonds. The summed E-state index contributed by atoms with van der Waals surface area (Å²) < 4.78 is 0. The zero-order chi connectivity index (χ0) is 8.97. The van der Waals surface area contributed by atoms with Crippen LogP contribution in [-0.4, -0.2) is 29.9 Å². The third kappa shape index (κ3) is 1.96. The monoisotopic (exact) mass is 170 g/mol. The van der Waals surface area contributed by atoms with E-state index in [1.54, 1.807) is 0 Å². The zero-order valence-corrected chi connectivity index (χ0v) is 7.30. The Bertz CT molecular complexity index is 175. The quantitative estimate of drug-likeness (QED) is 0.678. The molecule has 1 heterocycles. The molecule has 1 rings (SSSR count). The Morgan fingerprint density at radius 3 is 2.83 bits per heavy atom. The molecule has 4 nitrogen and oxygen atoms in total. The highest BCUT2D eigenvalue weighted by atomic mass is 16.2. The first-order valence-electron chi connectivity index (χ1n) is 4.34. The van der Waals surface area contributed by atoms with Crippen molar-refractivity contribution in [3.8, 4) is 0 Å². The fourth-order valence-electron chi connectivity index (χ4n) is 1.16. The van der Waals surface area contributed by atoms with Crippen LogP contribution >= 0.6 is 0 Å². The number of amides is 3. The number of urea groups is 1. The van der Waals surface area contributed by atoms with Crippen LogP contribution in [0.25, 0.3) is 0 Å². The predicted octanol–water partition coefficient (Wildman–Crippen LogP) is 0.728. The van der Waals surface area contributed by atoms with Crippen LogP contribution in [0.3, 0.4) is 0 Å². The summed E-state index contributed by atoms with van der Waals surface area (Å²) in [7, 11) is 0. The van der Waals surface area contributed by atoms with E-state index < -0.39 is 0 Å². The third-order valence-electron chi connectivity index (χ3n) is 1.90. The molecule has 0 radical (unpaired) electrons. The van der Waals surface area contributed by atoms with Crippen molar-refractivity contribution in [3.63, 3.8) is 0 Å². The molecule has 0 aromatic heterocycles. The van der Waals surface area contributed by atoms with E-state index in [0.29, 0.717) is 19.5 Å². The van der Waals surface area contributed by atoms with Gasteiger partial charge in [-0.25, -0.2) is 4.79 Å². The second-order valence-corrected chi connectivity index (χ2v) is 2.88. The fraction of sp³-hybridized carbons (Fsp3) is 0.750. The minimum absolute atomic E-state index is 0.0489. The molecular weight excluding hydrogens is 156 g/mol. The first-order chi connectivity index (χ1) is 5.75. The number of rotatable bonds is 3. The van der Waals surface area contributed by atoms with Crippen molar-refractivity contribution in [2.75, 3.05) is 13.1 Å². The molecule has 1 aliphatic rings. The molecule has 0 spiro atoms. The molecular formula is C8H14N2O2. The van der Waals surface area contributed by atoms with Crippen LogP contribution in [0.4, 0.5) is 4.79 Å². The predicted molar refractivity (Wildman–Crippen MR) is 44.6 cm³/mol. The van der Waals surface area contributed by atoms with Gasteiger partial charge in [0, 0.05) is 19.5 Å². The lowest BCUT2D eigenvalue weighted by Crippen LogP contribution is -2.50. The summed E-state index contributed by atoms with van der Waals surface area (Å²) in [5.74, 6) is -0.0489. The van der Waals surface area contributed by atoms with Crippen LogP contribution in [0.5, 0.6) is 0 Å². The van der Waals surface area contributed by atoms with Crippen molar-refractivity contribution >= 4 is 11.9 Å². The normalized spacial score (nSPS) is 17.9. The Morgan fingerprint density at radius 1 is 1.50 bits per heavy atom. The summed E-state index contributed by atoms with van der Waals surface area (Å²) in [5.41, 5.74) is 0. The highest BCUT2D eigenvalue weighted by Crippen LogP contribution is 2.03. The first-order valence-corrected chi connectivity index (χ1v) is 4.34. The number of unbranched alkanes of at least 4 members (excludes halogenated alkanes) is 1. The highest BCUT2D eigenvalue weighted by molar-refractivity contribution is 5.96. The van der Waals surface area contributed by atoms with Gasteiger partial charge in [0.05, 0.1) is 0 Å². The van der Waals surface area contributed by atoms with Gasteiger partial charge in [0.2, 0.25) is 5.91 Å². The standard InChI is InChI=1S/C8H14N2O2/c1-2-3-6-10-7(11)4-5-9-8(10)12/h2-6H2,1H3,(H,9,12). The minimum Gasteiger partial charge on any atom is -0.337 e. The maximum absolute atomic E-state index is 11.2. The van der Waals surface area contributed by atoms with Gasteiger partial charge in [-0.15, -0.1) is 0 Å². The van der Waals surface area contributed by atoms with E-state index in [4.69, 9.17) is 0 Å². The molecule has 0 aromatic rings. The minimum atomic E-state index is -0.236. The number of carbonyl (C=O) groups excluding carboxylic acids is 2. The second-order valence-electron chi connectivity index (χ2n) is 2.88. The Morgan fingerprint density at radius 2 is 2.25 bits per heavy atom. The van der Waals surface area contributed by atoms with Crippen LogP contribution < -0.4 is 5.32 Å². The van der Waals surface area contributed by atoms with E-state index in [-0.39, 0.29) is 11.9 Å².